The van der Waals surface area contributed by atoms with Gasteiger partial charge in [-0.05, 0) is 55.9 Å². The molecule has 1 aromatic rings. The highest BCUT2D eigenvalue weighted by Crippen LogP contribution is 2.23. The maximum Gasteiger partial charge on any atom is 0.220 e. The van der Waals surface area contributed by atoms with Gasteiger partial charge in [0.25, 0.3) is 0 Å². The van der Waals surface area contributed by atoms with Crippen molar-refractivity contribution in [2.75, 3.05) is 13.2 Å². The van der Waals surface area contributed by atoms with Crippen molar-refractivity contribution < 1.29 is 19.0 Å². The van der Waals surface area contributed by atoms with E-state index < -0.39 is 0 Å². The molecule has 1 aliphatic carbocycles. The smallest absolute Gasteiger partial charge is 0.220 e. The summed E-state index contributed by atoms with van der Waals surface area (Å²) in [5.74, 6) is 0.725. The standard InChI is InChI=1S/C17H24FNO3/c18-14-6-8-16(9-7-14)22-10-2-5-17(21)19-12-13-3-1-4-15(20)11-13/h6-9,13,15,20H,1-5,10-12H2,(H,19,21). The maximum absolute atomic E-state index is 12.7. The molecule has 0 saturated heterocycles. The molecule has 2 unspecified atom stereocenters. The van der Waals surface area contributed by atoms with Crippen LogP contribution in [-0.4, -0.2) is 30.3 Å². The zero-order chi connectivity index (χ0) is 15.8. The van der Waals surface area contributed by atoms with Crippen LogP contribution in [0.4, 0.5) is 4.39 Å². The van der Waals surface area contributed by atoms with Crippen molar-refractivity contribution in [1.82, 2.24) is 5.32 Å². The van der Waals surface area contributed by atoms with Crippen molar-refractivity contribution in [3.05, 3.63) is 30.1 Å². The molecule has 0 radical (unpaired) electrons. The van der Waals surface area contributed by atoms with Gasteiger partial charge in [0.05, 0.1) is 12.7 Å². The average Bonchev–Trinajstić information content (AvgIpc) is 2.51. The molecule has 0 spiro atoms. The van der Waals surface area contributed by atoms with Gasteiger partial charge in [0.2, 0.25) is 5.91 Å². The van der Waals surface area contributed by atoms with Crippen molar-refractivity contribution in [3.8, 4) is 5.75 Å². The Hall–Kier alpha value is -1.62. The summed E-state index contributed by atoms with van der Waals surface area (Å²) in [6, 6.07) is 5.84. The van der Waals surface area contributed by atoms with Crippen LogP contribution in [0.2, 0.25) is 0 Å². The molecule has 5 heteroatoms. The van der Waals surface area contributed by atoms with Crippen molar-refractivity contribution in [2.24, 2.45) is 5.92 Å². The van der Waals surface area contributed by atoms with E-state index in [1.54, 1.807) is 12.1 Å². The first-order chi connectivity index (χ1) is 10.6. The molecule has 4 nitrogen and oxygen atoms in total. The monoisotopic (exact) mass is 309 g/mol. The summed E-state index contributed by atoms with van der Waals surface area (Å²) >= 11 is 0. The Kier molecular flexibility index (Phi) is 6.65. The molecule has 22 heavy (non-hydrogen) atoms. The van der Waals surface area contributed by atoms with E-state index in [1.165, 1.54) is 12.1 Å². The Morgan fingerprint density at radius 2 is 2.09 bits per heavy atom. The lowest BCUT2D eigenvalue weighted by molar-refractivity contribution is -0.121. The molecule has 2 atom stereocenters. The number of hydrogen-bond donors (Lipinski definition) is 2. The summed E-state index contributed by atoms with van der Waals surface area (Å²) in [6.07, 6.45) is 4.60. The molecule has 1 aromatic carbocycles. The largest absolute Gasteiger partial charge is 0.494 e. The van der Waals surface area contributed by atoms with Crippen LogP contribution in [0.5, 0.6) is 5.75 Å². The van der Waals surface area contributed by atoms with E-state index in [2.05, 4.69) is 5.32 Å². The van der Waals surface area contributed by atoms with Crippen LogP contribution < -0.4 is 10.1 Å². The van der Waals surface area contributed by atoms with E-state index >= 15 is 0 Å². The van der Waals surface area contributed by atoms with Gasteiger partial charge >= 0.3 is 0 Å². The predicted molar refractivity (Wildman–Crippen MR) is 82.1 cm³/mol. The van der Waals surface area contributed by atoms with Crippen molar-refractivity contribution in [2.45, 2.75) is 44.6 Å². The maximum atomic E-state index is 12.7. The van der Waals surface area contributed by atoms with Gasteiger partial charge < -0.3 is 15.2 Å². The van der Waals surface area contributed by atoms with Crippen LogP contribution in [0.25, 0.3) is 0 Å². The van der Waals surface area contributed by atoms with Crippen molar-refractivity contribution in [3.63, 3.8) is 0 Å². The Morgan fingerprint density at radius 3 is 2.82 bits per heavy atom. The summed E-state index contributed by atoms with van der Waals surface area (Å²) in [4.78, 5) is 11.7. The summed E-state index contributed by atoms with van der Waals surface area (Å²) in [6.45, 7) is 1.08. The van der Waals surface area contributed by atoms with E-state index in [0.717, 1.165) is 25.7 Å². The molecule has 1 fully saturated rings. The number of halogens is 1. The SMILES string of the molecule is O=C(CCCOc1ccc(F)cc1)NCC1CCCC(O)C1. The van der Waals surface area contributed by atoms with Crippen molar-refractivity contribution >= 4 is 5.91 Å². The first-order valence-corrected chi connectivity index (χ1v) is 7.96. The number of benzene rings is 1. The molecule has 1 aliphatic rings. The molecule has 0 aromatic heterocycles. The van der Waals surface area contributed by atoms with Crippen LogP contribution in [-0.2, 0) is 4.79 Å². The minimum absolute atomic E-state index is 0.0165. The van der Waals surface area contributed by atoms with E-state index in [4.69, 9.17) is 4.74 Å². The first kappa shape index (κ1) is 16.7. The van der Waals surface area contributed by atoms with Gasteiger partial charge in [-0.25, -0.2) is 4.39 Å². The van der Waals surface area contributed by atoms with E-state index in [9.17, 15) is 14.3 Å². The Labute approximate surface area is 130 Å². The second-order valence-electron chi connectivity index (χ2n) is 5.90. The number of hydrogen-bond acceptors (Lipinski definition) is 3. The summed E-state index contributed by atoms with van der Waals surface area (Å²) < 4.78 is 18.2. The van der Waals surface area contributed by atoms with E-state index in [1.807, 2.05) is 0 Å². The number of carbonyl (C=O) groups is 1. The number of aliphatic hydroxyl groups excluding tert-OH is 1. The summed E-state index contributed by atoms with van der Waals surface area (Å²) in [5.41, 5.74) is 0. The van der Waals surface area contributed by atoms with E-state index in [-0.39, 0.29) is 17.8 Å². The third-order valence-electron chi connectivity index (χ3n) is 3.97. The van der Waals surface area contributed by atoms with E-state index in [0.29, 0.717) is 37.7 Å². The zero-order valence-corrected chi connectivity index (χ0v) is 12.8. The Morgan fingerprint density at radius 1 is 1.32 bits per heavy atom. The van der Waals surface area contributed by atoms with Crippen molar-refractivity contribution in [1.29, 1.82) is 0 Å². The van der Waals surface area contributed by atoms with Crippen LogP contribution >= 0.6 is 0 Å². The molecular weight excluding hydrogens is 285 g/mol. The zero-order valence-electron chi connectivity index (χ0n) is 12.8. The lowest BCUT2D eigenvalue weighted by Gasteiger charge is -2.25. The molecule has 1 saturated carbocycles. The minimum Gasteiger partial charge on any atom is -0.494 e. The number of carbonyl (C=O) groups excluding carboxylic acids is 1. The van der Waals surface area contributed by atoms with Gasteiger partial charge in [-0.2, -0.15) is 0 Å². The second-order valence-corrected chi connectivity index (χ2v) is 5.90. The number of amides is 1. The summed E-state index contributed by atoms with van der Waals surface area (Å²) in [5, 5.41) is 12.5. The molecule has 2 rings (SSSR count). The lowest BCUT2D eigenvalue weighted by Crippen LogP contribution is -2.33. The average molecular weight is 309 g/mol. The quantitative estimate of drug-likeness (QED) is 0.761. The van der Waals surface area contributed by atoms with Crippen LogP contribution in [0.3, 0.4) is 0 Å². The van der Waals surface area contributed by atoms with Gasteiger partial charge in [-0.15, -0.1) is 0 Å². The minimum atomic E-state index is -0.292. The Balaban J connectivity index is 1.55. The first-order valence-electron chi connectivity index (χ1n) is 7.96. The number of ether oxygens (including phenoxy) is 1. The molecule has 122 valence electrons. The number of nitrogens with one attached hydrogen (secondary N) is 1. The normalized spacial score (nSPS) is 21.4. The lowest BCUT2D eigenvalue weighted by atomic mass is 9.87. The molecule has 0 bridgehead atoms. The molecule has 2 N–H and O–H groups in total. The van der Waals surface area contributed by atoms with Gasteiger partial charge in [-0.1, -0.05) is 6.42 Å². The summed E-state index contributed by atoms with van der Waals surface area (Å²) in [7, 11) is 0. The fraction of sp³-hybridized carbons (Fsp3) is 0.588. The highest BCUT2D eigenvalue weighted by Gasteiger charge is 2.20. The topological polar surface area (TPSA) is 58.6 Å². The van der Waals surface area contributed by atoms with Crippen LogP contribution in [0.15, 0.2) is 24.3 Å². The van der Waals surface area contributed by atoms with Gasteiger partial charge in [0.15, 0.2) is 0 Å². The van der Waals surface area contributed by atoms with Gasteiger partial charge in [-0.3, -0.25) is 4.79 Å². The second kappa shape index (κ2) is 8.73. The third kappa shape index (κ3) is 6.02. The molecule has 0 aliphatic heterocycles. The van der Waals surface area contributed by atoms with Crippen LogP contribution in [0, 0.1) is 11.7 Å². The molecular formula is C17H24FNO3. The van der Waals surface area contributed by atoms with Gasteiger partial charge in [0, 0.05) is 13.0 Å². The third-order valence-corrected chi connectivity index (χ3v) is 3.97. The highest BCUT2D eigenvalue weighted by molar-refractivity contribution is 5.75. The molecule has 0 heterocycles. The number of rotatable bonds is 7. The van der Waals surface area contributed by atoms with Gasteiger partial charge in [0.1, 0.15) is 11.6 Å². The predicted octanol–water partition coefficient (Wildman–Crippen LogP) is 2.65. The number of aliphatic hydroxyl groups is 1. The van der Waals surface area contributed by atoms with Crippen LogP contribution in [0.1, 0.15) is 38.5 Å². The highest BCUT2D eigenvalue weighted by atomic mass is 19.1. The Bertz CT molecular complexity index is 463. The fourth-order valence-corrected chi connectivity index (χ4v) is 2.75. The molecule has 1 amide bonds. The fourth-order valence-electron chi connectivity index (χ4n) is 2.75.